The van der Waals surface area contributed by atoms with Crippen LogP contribution in [0.25, 0.3) is 16.7 Å². The zero-order chi connectivity index (χ0) is 20.9. The summed E-state index contributed by atoms with van der Waals surface area (Å²) in [7, 11) is 0. The lowest BCUT2D eigenvalue weighted by molar-refractivity contribution is 0.340. The predicted octanol–water partition coefficient (Wildman–Crippen LogP) is 6.91. The van der Waals surface area contributed by atoms with Gasteiger partial charge in [0.25, 0.3) is 0 Å². The highest BCUT2D eigenvalue weighted by molar-refractivity contribution is 14.1. The first-order valence-corrected chi connectivity index (χ1v) is 12.9. The Bertz CT molecular complexity index is 1120. The van der Waals surface area contributed by atoms with E-state index in [0.717, 1.165) is 43.8 Å². The lowest BCUT2D eigenvalue weighted by Crippen LogP contribution is -2.06. The normalized spacial score (nSPS) is 11.0. The Kier molecular flexibility index (Phi) is 7.14. The number of rotatable bonds is 8. The third-order valence-electron chi connectivity index (χ3n) is 4.91. The molecule has 4 aromatic rings. The Morgan fingerprint density at radius 3 is 2.20 bits per heavy atom. The van der Waals surface area contributed by atoms with E-state index >= 15 is 0 Å². The van der Waals surface area contributed by atoms with E-state index in [0.29, 0.717) is 6.61 Å². The van der Waals surface area contributed by atoms with Crippen molar-refractivity contribution in [2.75, 3.05) is 11.9 Å². The molecule has 154 valence electrons. The number of ether oxygens (including phenoxy) is 1. The van der Waals surface area contributed by atoms with E-state index < -0.39 is 0 Å². The predicted molar refractivity (Wildman–Crippen MR) is 141 cm³/mol. The van der Waals surface area contributed by atoms with E-state index in [9.17, 15) is 0 Å². The average molecular weight is 623 g/mol. The molecule has 1 N–H and O–H groups in total. The van der Waals surface area contributed by atoms with Crippen molar-refractivity contribution in [3.05, 3.63) is 83.4 Å². The standard InChI is InChI=1S/C24H23I2N3O/c1-2-30-21-10-8-20(9-11-21)29-23-13-19(15-26)7-12-22(23)28-24(29)27-16-18-5-3-17(14-25)4-6-18/h3-13H,2,14-16H2,1H3,(H,27,28). The highest BCUT2D eigenvalue weighted by Gasteiger charge is 2.13. The third-order valence-corrected chi connectivity index (χ3v) is 6.67. The Labute approximate surface area is 204 Å². The summed E-state index contributed by atoms with van der Waals surface area (Å²) in [6.07, 6.45) is 0. The molecule has 0 unspecified atom stereocenters. The van der Waals surface area contributed by atoms with Gasteiger partial charge in [-0.25, -0.2) is 4.98 Å². The Morgan fingerprint density at radius 2 is 1.53 bits per heavy atom. The first-order valence-electron chi connectivity index (χ1n) is 9.90. The summed E-state index contributed by atoms with van der Waals surface area (Å²) in [4.78, 5) is 4.89. The van der Waals surface area contributed by atoms with Crippen LogP contribution in [0.1, 0.15) is 23.6 Å². The van der Waals surface area contributed by atoms with Crippen molar-refractivity contribution in [3.63, 3.8) is 0 Å². The van der Waals surface area contributed by atoms with Gasteiger partial charge in [0, 0.05) is 21.1 Å². The second-order valence-electron chi connectivity index (χ2n) is 6.96. The smallest absolute Gasteiger partial charge is 0.208 e. The van der Waals surface area contributed by atoms with Crippen molar-refractivity contribution in [2.24, 2.45) is 0 Å². The number of fused-ring (bicyclic) bond motifs is 1. The number of hydrogen-bond donors (Lipinski definition) is 1. The second kappa shape index (κ2) is 10.00. The van der Waals surface area contributed by atoms with E-state index in [-0.39, 0.29) is 0 Å². The van der Waals surface area contributed by atoms with Crippen molar-refractivity contribution >= 4 is 62.2 Å². The summed E-state index contributed by atoms with van der Waals surface area (Å²) in [6, 6.07) is 23.4. The average Bonchev–Trinajstić information content (AvgIpc) is 3.16. The van der Waals surface area contributed by atoms with Crippen LogP contribution in [0.3, 0.4) is 0 Å². The van der Waals surface area contributed by atoms with Crippen molar-refractivity contribution < 1.29 is 4.74 Å². The fourth-order valence-electron chi connectivity index (χ4n) is 3.37. The molecule has 6 heteroatoms. The van der Waals surface area contributed by atoms with Crippen molar-refractivity contribution in [3.8, 4) is 11.4 Å². The molecule has 0 bridgehead atoms. The van der Waals surface area contributed by atoms with Crippen LogP contribution in [0.15, 0.2) is 66.7 Å². The summed E-state index contributed by atoms with van der Waals surface area (Å²) in [5.74, 6) is 1.72. The summed E-state index contributed by atoms with van der Waals surface area (Å²) in [6.45, 7) is 3.38. The molecule has 0 saturated carbocycles. The maximum atomic E-state index is 5.61. The summed E-state index contributed by atoms with van der Waals surface area (Å²) in [5.41, 5.74) is 7.02. The first kappa shape index (κ1) is 21.4. The Balaban J connectivity index is 1.71. The van der Waals surface area contributed by atoms with Crippen LogP contribution < -0.4 is 10.1 Å². The molecular formula is C24H23I2N3O. The number of nitrogens with zero attached hydrogens (tertiary/aromatic N) is 2. The number of anilines is 1. The molecule has 0 amide bonds. The van der Waals surface area contributed by atoms with Gasteiger partial charge in [-0.2, -0.15) is 0 Å². The van der Waals surface area contributed by atoms with Gasteiger partial charge in [0.1, 0.15) is 5.75 Å². The molecule has 0 radical (unpaired) electrons. The SMILES string of the molecule is CCOc1ccc(-n2c(NCc3ccc(CI)cc3)nc3ccc(CI)cc32)cc1. The quantitative estimate of drug-likeness (QED) is 0.172. The molecule has 0 spiro atoms. The highest BCUT2D eigenvalue weighted by atomic mass is 127. The summed E-state index contributed by atoms with van der Waals surface area (Å²) < 4.78 is 9.80. The first-order chi connectivity index (χ1) is 14.7. The number of halogens is 2. The Morgan fingerprint density at radius 1 is 0.867 bits per heavy atom. The van der Waals surface area contributed by atoms with Gasteiger partial charge in [-0.1, -0.05) is 75.5 Å². The molecule has 1 heterocycles. The van der Waals surface area contributed by atoms with E-state index in [1.807, 2.05) is 19.1 Å². The van der Waals surface area contributed by atoms with Crippen LogP contribution >= 0.6 is 45.2 Å². The second-order valence-corrected chi connectivity index (χ2v) is 8.48. The number of hydrogen-bond acceptors (Lipinski definition) is 3. The molecule has 0 aliphatic carbocycles. The molecule has 0 atom stereocenters. The van der Waals surface area contributed by atoms with Gasteiger partial charge in [-0.15, -0.1) is 0 Å². The van der Waals surface area contributed by atoms with E-state index in [4.69, 9.17) is 9.72 Å². The van der Waals surface area contributed by atoms with Crippen molar-refractivity contribution in [1.82, 2.24) is 9.55 Å². The van der Waals surface area contributed by atoms with Crippen LogP contribution in [-0.4, -0.2) is 16.2 Å². The van der Waals surface area contributed by atoms with Crippen LogP contribution in [0.4, 0.5) is 5.95 Å². The molecule has 0 aliphatic rings. The maximum absolute atomic E-state index is 5.61. The molecule has 4 rings (SSSR count). The number of imidazole rings is 1. The summed E-state index contributed by atoms with van der Waals surface area (Å²) in [5, 5.41) is 3.55. The maximum Gasteiger partial charge on any atom is 0.208 e. The molecular weight excluding hydrogens is 600 g/mol. The van der Waals surface area contributed by atoms with Crippen molar-refractivity contribution in [2.45, 2.75) is 22.3 Å². The van der Waals surface area contributed by atoms with Crippen LogP contribution in [-0.2, 0) is 15.4 Å². The molecule has 1 aromatic heterocycles. The molecule has 4 nitrogen and oxygen atoms in total. The topological polar surface area (TPSA) is 39.1 Å². The number of nitrogens with one attached hydrogen (secondary N) is 1. The molecule has 0 aliphatic heterocycles. The fraction of sp³-hybridized carbons (Fsp3) is 0.208. The van der Waals surface area contributed by atoms with Crippen molar-refractivity contribution in [1.29, 1.82) is 0 Å². The minimum atomic E-state index is 0.662. The Hall–Kier alpha value is -1.81. The number of benzene rings is 3. The zero-order valence-corrected chi connectivity index (χ0v) is 21.1. The third kappa shape index (κ3) is 4.74. The van der Waals surface area contributed by atoms with E-state index in [1.54, 1.807) is 0 Å². The van der Waals surface area contributed by atoms with Gasteiger partial charge in [0.2, 0.25) is 5.95 Å². The molecule has 30 heavy (non-hydrogen) atoms. The monoisotopic (exact) mass is 623 g/mol. The lowest BCUT2D eigenvalue weighted by atomic mass is 10.1. The molecule has 0 fully saturated rings. The number of aromatic nitrogens is 2. The van der Waals surface area contributed by atoms with Crippen LogP contribution in [0.2, 0.25) is 0 Å². The number of alkyl halides is 2. The van der Waals surface area contributed by atoms with Gasteiger partial charge >= 0.3 is 0 Å². The highest BCUT2D eigenvalue weighted by Crippen LogP contribution is 2.28. The van der Waals surface area contributed by atoms with Crippen LogP contribution in [0.5, 0.6) is 5.75 Å². The largest absolute Gasteiger partial charge is 0.494 e. The zero-order valence-electron chi connectivity index (χ0n) is 16.7. The fourth-order valence-corrected chi connectivity index (χ4v) is 4.35. The van der Waals surface area contributed by atoms with Gasteiger partial charge in [0.15, 0.2) is 0 Å². The van der Waals surface area contributed by atoms with Gasteiger partial charge in [-0.05, 0) is 60.0 Å². The molecule has 0 saturated heterocycles. The minimum absolute atomic E-state index is 0.662. The van der Waals surface area contributed by atoms with E-state index in [1.165, 1.54) is 16.7 Å². The van der Waals surface area contributed by atoms with Crippen LogP contribution in [0, 0.1) is 0 Å². The van der Waals surface area contributed by atoms with Gasteiger partial charge < -0.3 is 10.1 Å². The van der Waals surface area contributed by atoms with Gasteiger partial charge in [-0.3, -0.25) is 4.57 Å². The lowest BCUT2D eigenvalue weighted by Gasteiger charge is -2.12. The molecule has 3 aromatic carbocycles. The minimum Gasteiger partial charge on any atom is -0.494 e. The summed E-state index contributed by atoms with van der Waals surface area (Å²) >= 11 is 4.79. The van der Waals surface area contributed by atoms with E-state index in [2.05, 4.69) is 110 Å². The van der Waals surface area contributed by atoms with Gasteiger partial charge in [0.05, 0.1) is 17.6 Å².